The van der Waals surface area contributed by atoms with E-state index in [-0.39, 0.29) is 31.8 Å². The molecule has 15 unspecified atom stereocenters. The molecule has 0 aromatic heterocycles. The van der Waals surface area contributed by atoms with E-state index < -0.39 is 128 Å². The van der Waals surface area contributed by atoms with E-state index in [9.17, 15) is 54.6 Å². The number of hydrogen-bond acceptors (Lipinski definition) is 18. The predicted molar refractivity (Wildman–Crippen MR) is 269 cm³/mol. The minimum absolute atomic E-state index is 0.176. The van der Waals surface area contributed by atoms with Crippen LogP contribution in [0.2, 0.25) is 0 Å². The highest BCUT2D eigenvalue weighted by molar-refractivity contribution is 5.88. The Labute approximate surface area is 434 Å². The Morgan fingerprint density at radius 1 is 0.562 bits per heavy atom. The highest BCUT2D eigenvalue weighted by atomic mass is 16.7. The smallest absolute Gasteiger partial charge is 0.309 e. The van der Waals surface area contributed by atoms with Crippen molar-refractivity contribution in [1.29, 1.82) is 0 Å². The Morgan fingerprint density at radius 3 is 1.49 bits per heavy atom. The Bertz CT molecular complexity index is 1560. The van der Waals surface area contributed by atoms with Crippen LogP contribution >= 0.6 is 0 Å². The Hall–Kier alpha value is -3.05. The van der Waals surface area contributed by atoms with Crippen molar-refractivity contribution in [3.05, 3.63) is 0 Å². The molecule has 20 nitrogen and oxygen atoms in total. The van der Waals surface area contributed by atoms with Gasteiger partial charge in [-0.25, -0.2) is 0 Å². The number of nitrogens with one attached hydrogen (secondary N) is 2. The Kier molecular flexibility index (Phi) is 33.3. The molecule has 73 heavy (non-hydrogen) atoms. The summed E-state index contributed by atoms with van der Waals surface area (Å²) in [7, 11) is 0. The lowest BCUT2D eigenvalue weighted by Gasteiger charge is -2.46. The van der Waals surface area contributed by atoms with E-state index >= 15 is 0 Å². The van der Waals surface area contributed by atoms with Crippen LogP contribution in [-0.2, 0) is 57.1 Å². The second-order valence-electron chi connectivity index (χ2n) is 20.6. The molecule has 20 heteroatoms. The van der Waals surface area contributed by atoms with Crippen molar-refractivity contribution >= 4 is 29.7 Å². The third-order valence-corrected chi connectivity index (χ3v) is 13.3. The fourth-order valence-electron chi connectivity index (χ4n) is 9.15. The van der Waals surface area contributed by atoms with Gasteiger partial charge in [-0.05, 0) is 58.3 Å². The molecular weight excluding hydrogens is 953 g/mol. The summed E-state index contributed by atoms with van der Waals surface area (Å²) in [5.74, 6) is -3.19. The molecule has 8 N–H and O–H groups in total. The molecule has 0 aromatic rings. The van der Waals surface area contributed by atoms with E-state index in [1.54, 1.807) is 0 Å². The first-order valence-electron chi connectivity index (χ1n) is 27.5. The number of aliphatic hydroxyl groups is 6. The van der Waals surface area contributed by atoms with Crippen LogP contribution in [0.1, 0.15) is 197 Å². The topological polar surface area (TPSA) is 295 Å². The molecule has 15 atom stereocenters. The van der Waals surface area contributed by atoms with Crippen molar-refractivity contribution in [2.24, 2.45) is 5.92 Å². The van der Waals surface area contributed by atoms with Crippen LogP contribution in [-0.4, -0.2) is 165 Å². The number of ether oxygens (including phenoxy) is 7. The molecule has 0 saturated carbocycles. The molecule has 0 bridgehead atoms. The second kappa shape index (κ2) is 36.8. The number of hydrogen-bond donors (Lipinski definition) is 8. The second-order valence-corrected chi connectivity index (χ2v) is 20.6. The summed E-state index contributed by atoms with van der Waals surface area (Å²) in [5.41, 5.74) is 0. The van der Waals surface area contributed by atoms with Crippen LogP contribution in [0.3, 0.4) is 0 Å². The zero-order valence-corrected chi connectivity index (χ0v) is 45.3. The molecule has 2 fully saturated rings. The number of amides is 2. The van der Waals surface area contributed by atoms with Crippen LogP contribution in [0.4, 0.5) is 0 Å². The minimum atomic E-state index is -1.69. The van der Waals surface area contributed by atoms with E-state index in [0.717, 1.165) is 84.0 Å². The van der Waals surface area contributed by atoms with Crippen LogP contribution in [0.25, 0.3) is 0 Å². The van der Waals surface area contributed by atoms with E-state index in [1.165, 1.54) is 13.8 Å². The maximum Gasteiger partial charge on any atom is 0.309 e. The van der Waals surface area contributed by atoms with Crippen LogP contribution in [0, 0.1) is 5.92 Å². The van der Waals surface area contributed by atoms with Crippen LogP contribution in [0.5, 0.6) is 0 Å². The standard InChI is InChI=1S/C53H96N2O18/c1-9-12-15-18-21-24-38(28-42(59)55-41(32-57)51(66)54-37(31-56)27-33(4)5)70-43(60)29-39(25-22-19-16-13-10-2)71-44(61)30-40(26-23-20-17-14-11-3)72-52-48(65)50(46(63)35(7)67-52)73-53-47(64)49(69-36(8)58)45(62)34(6)68-53/h33-35,37-41,45-50,52-53,56-57,62-65H,9-32H2,1-8H3,(H,54,66)(H,55,59). The van der Waals surface area contributed by atoms with Gasteiger partial charge in [-0.15, -0.1) is 0 Å². The molecule has 2 aliphatic heterocycles. The average molecular weight is 1050 g/mol. The predicted octanol–water partition coefficient (Wildman–Crippen LogP) is 4.70. The maximum atomic E-state index is 14.0. The summed E-state index contributed by atoms with van der Waals surface area (Å²) in [6.45, 7) is 13.3. The number of aliphatic hydroxyl groups excluding tert-OH is 6. The van der Waals surface area contributed by atoms with Crippen LogP contribution < -0.4 is 10.6 Å². The summed E-state index contributed by atoms with van der Waals surface area (Å²) in [6, 6.07) is -1.85. The van der Waals surface area contributed by atoms with Crippen molar-refractivity contribution in [3.63, 3.8) is 0 Å². The largest absolute Gasteiger partial charge is 0.462 e. The molecule has 426 valence electrons. The molecule has 0 spiro atoms. The number of carbonyl (C=O) groups is 5. The first-order valence-corrected chi connectivity index (χ1v) is 27.5. The molecular formula is C53H96N2O18. The number of esters is 3. The molecule has 2 saturated heterocycles. The number of unbranched alkanes of at least 4 members (excludes halogenated alkanes) is 12. The quantitative estimate of drug-likeness (QED) is 0.0236. The minimum Gasteiger partial charge on any atom is -0.462 e. The van der Waals surface area contributed by atoms with Gasteiger partial charge in [0.05, 0.1) is 56.8 Å². The summed E-state index contributed by atoms with van der Waals surface area (Å²) >= 11 is 0. The SMILES string of the molecule is CCCCCCCC(CC(=O)NC(CO)C(=O)NC(CO)CC(C)C)OC(=O)CC(CCCCCCC)OC(=O)CC(CCCCCCC)OC1OC(C)C(O)C(OC2OC(C)C(O)C(OC(C)=O)C2O)C1O. The Morgan fingerprint density at radius 2 is 1.01 bits per heavy atom. The van der Waals surface area contributed by atoms with Gasteiger partial charge in [0.15, 0.2) is 18.7 Å². The zero-order valence-electron chi connectivity index (χ0n) is 45.3. The van der Waals surface area contributed by atoms with E-state index in [2.05, 4.69) is 31.4 Å². The normalized spacial score (nSPS) is 26.3. The van der Waals surface area contributed by atoms with E-state index in [4.69, 9.17) is 33.2 Å². The van der Waals surface area contributed by atoms with Crippen molar-refractivity contribution < 1.29 is 87.8 Å². The van der Waals surface area contributed by atoms with Crippen molar-refractivity contribution in [1.82, 2.24) is 10.6 Å². The van der Waals surface area contributed by atoms with Gasteiger partial charge in [0.25, 0.3) is 0 Å². The molecule has 2 amide bonds. The van der Waals surface area contributed by atoms with E-state index in [1.807, 2.05) is 13.8 Å². The highest BCUT2D eigenvalue weighted by Crippen LogP contribution is 2.32. The van der Waals surface area contributed by atoms with Gasteiger partial charge in [-0.1, -0.05) is 118 Å². The fourth-order valence-corrected chi connectivity index (χ4v) is 9.15. The summed E-state index contributed by atoms with van der Waals surface area (Å²) in [4.78, 5) is 65.9. The summed E-state index contributed by atoms with van der Waals surface area (Å²) in [5, 5.41) is 69.4. The van der Waals surface area contributed by atoms with Crippen molar-refractivity contribution in [2.75, 3.05) is 13.2 Å². The Balaban J connectivity index is 2.29. The molecule has 0 radical (unpaired) electrons. The number of rotatable bonds is 38. The average Bonchev–Trinajstić information content (AvgIpc) is 3.33. The fraction of sp³-hybridized carbons (Fsp3) is 0.906. The first-order chi connectivity index (χ1) is 34.8. The monoisotopic (exact) mass is 1050 g/mol. The molecule has 0 aromatic carbocycles. The lowest BCUT2D eigenvalue weighted by molar-refractivity contribution is -0.358. The zero-order chi connectivity index (χ0) is 54.5. The van der Waals surface area contributed by atoms with Gasteiger partial charge in [-0.2, -0.15) is 0 Å². The van der Waals surface area contributed by atoms with Gasteiger partial charge in [0, 0.05) is 6.92 Å². The van der Waals surface area contributed by atoms with Crippen molar-refractivity contribution in [3.8, 4) is 0 Å². The number of carbonyl (C=O) groups excluding carboxylic acids is 5. The first kappa shape index (κ1) is 66.1. The van der Waals surface area contributed by atoms with Gasteiger partial charge in [0.2, 0.25) is 11.8 Å². The highest BCUT2D eigenvalue weighted by Gasteiger charge is 2.51. The lowest BCUT2D eigenvalue weighted by atomic mass is 9.97. The molecule has 2 rings (SSSR count). The van der Waals surface area contributed by atoms with Crippen LogP contribution in [0.15, 0.2) is 0 Å². The molecule has 2 heterocycles. The van der Waals surface area contributed by atoms with Gasteiger partial charge in [-0.3, -0.25) is 24.0 Å². The summed E-state index contributed by atoms with van der Waals surface area (Å²) < 4.78 is 41.0. The van der Waals surface area contributed by atoms with Gasteiger partial charge < -0.3 is 74.4 Å². The third kappa shape index (κ3) is 25.6. The van der Waals surface area contributed by atoms with Crippen molar-refractivity contribution in [2.45, 2.75) is 288 Å². The molecule has 0 aliphatic carbocycles. The third-order valence-electron chi connectivity index (χ3n) is 13.3. The maximum absolute atomic E-state index is 14.0. The van der Waals surface area contributed by atoms with E-state index in [0.29, 0.717) is 44.9 Å². The molecule has 2 aliphatic rings. The van der Waals surface area contributed by atoms with Gasteiger partial charge >= 0.3 is 17.9 Å². The van der Waals surface area contributed by atoms with Gasteiger partial charge in [0.1, 0.15) is 48.8 Å². The lowest BCUT2D eigenvalue weighted by Crippen LogP contribution is -2.64. The summed E-state index contributed by atoms with van der Waals surface area (Å²) in [6.07, 6.45) is -2.44.